The fourth-order valence-electron chi connectivity index (χ4n) is 6.13. The molecule has 1 spiro atoms. The second-order valence-electron chi connectivity index (χ2n) is 10.6. The average Bonchev–Trinajstić information content (AvgIpc) is 3.07. The van der Waals surface area contributed by atoms with Crippen LogP contribution in [0.5, 0.6) is 0 Å². The SMILES string of the molecule is Fc1ccc(N2CC3(CC(c4nnc5n4-c4ccc(Cl)cc4CN(CC(F)(F)F)C5)C3)C2)c(F)c1C(F)(F)F. The Morgan fingerprint density at radius 2 is 1.62 bits per heavy atom. The van der Waals surface area contributed by atoms with E-state index in [1.807, 2.05) is 0 Å². The Balaban J connectivity index is 1.22. The van der Waals surface area contributed by atoms with Crippen LogP contribution in [0.25, 0.3) is 5.69 Å². The van der Waals surface area contributed by atoms with Crippen LogP contribution in [0, 0.1) is 17.0 Å². The van der Waals surface area contributed by atoms with Crippen LogP contribution in [-0.4, -0.2) is 45.5 Å². The molecular weight excluding hydrogens is 558 g/mol. The molecule has 39 heavy (non-hydrogen) atoms. The van der Waals surface area contributed by atoms with Gasteiger partial charge in [0.15, 0.2) is 11.6 Å². The standard InChI is InChI=1S/C25H20ClF8N5/c26-15-1-3-17-13(5-15)8-37(12-24(29,30)31)9-19-35-36-22(39(17)19)14-6-23(7-14)10-38(11-23)18-4-2-16(27)20(21(18)28)25(32,33)34/h1-5,14H,6-12H2. The zero-order valence-electron chi connectivity index (χ0n) is 20.1. The number of fused-ring (bicyclic) bond motifs is 3. The summed E-state index contributed by atoms with van der Waals surface area (Å²) in [6.07, 6.45) is -8.38. The summed E-state index contributed by atoms with van der Waals surface area (Å²) >= 11 is 6.14. The first-order chi connectivity index (χ1) is 18.2. The lowest BCUT2D eigenvalue weighted by atomic mass is 9.57. The number of alkyl halides is 6. The summed E-state index contributed by atoms with van der Waals surface area (Å²) in [6.45, 7) is -0.605. The second kappa shape index (κ2) is 8.79. The van der Waals surface area contributed by atoms with E-state index in [1.54, 1.807) is 22.8 Å². The third kappa shape index (κ3) is 4.62. The zero-order chi connectivity index (χ0) is 27.9. The van der Waals surface area contributed by atoms with Gasteiger partial charge in [0.05, 0.1) is 24.5 Å². The van der Waals surface area contributed by atoms with Gasteiger partial charge in [-0.3, -0.25) is 9.47 Å². The minimum atomic E-state index is -5.16. The van der Waals surface area contributed by atoms with E-state index in [9.17, 15) is 35.1 Å². The Kier molecular flexibility index (Phi) is 5.92. The van der Waals surface area contributed by atoms with Crippen molar-refractivity contribution in [1.29, 1.82) is 0 Å². The molecule has 1 aliphatic carbocycles. The van der Waals surface area contributed by atoms with Gasteiger partial charge in [0.2, 0.25) is 0 Å². The summed E-state index contributed by atoms with van der Waals surface area (Å²) in [5.41, 5.74) is -1.25. The number of anilines is 1. The van der Waals surface area contributed by atoms with Crippen LogP contribution in [0.1, 0.15) is 41.5 Å². The van der Waals surface area contributed by atoms with E-state index in [-0.39, 0.29) is 43.2 Å². The van der Waals surface area contributed by atoms with Gasteiger partial charge in [0.25, 0.3) is 0 Å². The molecule has 3 aliphatic rings. The molecule has 0 radical (unpaired) electrons. The Morgan fingerprint density at radius 1 is 0.923 bits per heavy atom. The van der Waals surface area contributed by atoms with Gasteiger partial charge in [-0.1, -0.05) is 11.6 Å². The average molecular weight is 578 g/mol. The summed E-state index contributed by atoms with van der Waals surface area (Å²) in [6, 6.07) is 6.62. The van der Waals surface area contributed by atoms with Crippen LogP contribution >= 0.6 is 11.6 Å². The molecule has 0 amide bonds. The van der Waals surface area contributed by atoms with E-state index >= 15 is 0 Å². The van der Waals surface area contributed by atoms with Gasteiger partial charge in [-0.25, -0.2) is 8.78 Å². The van der Waals surface area contributed by atoms with Crippen LogP contribution in [0.2, 0.25) is 5.02 Å². The van der Waals surface area contributed by atoms with Crippen molar-refractivity contribution in [2.24, 2.45) is 5.41 Å². The summed E-state index contributed by atoms with van der Waals surface area (Å²) in [7, 11) is 0. The maximum atomic E-state index is 14.6. The Hall–Kier alpha value is -2.93. The molecule has 2 aliphatic heterocycles. The quantitative estimate of drug-likeness (QED) is 0.334. The van der Waals surface area contributed by atoms with E-state index in [2.05, 4.69) is 10.2 Å². The van der Waals surface area contributed by atoms with Crippen molar-refractivity contribution in [2.45, 2.75) is 44.2 Å². The normalized spacial score (nSPS) is 19.4. The highest BCUT2D eigenvalue weighted by molar-refractivity contribution is 6.30. The number of benzene rings is 2. The molecule has 1 aromatic heterocycles. The number of hydrogen-bond donors (Lipinski definition) is 0. The maximum Gasteiger partial charge on any atom is 0.422 e. The molecule has 14 heteroatoms. The topological polar surface area (TPSA) is 37.2 Å². The van der Waals surface area contributed by atoms with Crippen molar-refractivity contribution in [1.82, 2.24) is 19.7 Å². The molecule has 3 heterocycles. The monoisotopic (exact) mass is 577 g/mol. The number of halogens is 9. The van der Waals surface area contributed by atoms with Crippen molar-refractivity contribution in [3.05, 3.63) is 69.8 Å². The highest BCUT2D eigenvalue weighted by Crippen LogP contribution is 2.57. The van der Waals surface area contributed by atoms with Gasteiger partial charge < -0.3 is 4.90 Å². The summed E-state index contributed by atoms with van der Waals surface area (Å²) in [5.74, 6) is -2.45. The van der Waals surface area contributed by atoms with Crippen molar-refractivity contribution in [2.75, 3.05) is 24.5 Å². The Labute approximate surface area is 222 Å². The summed E-state index contributed by atoms with van der Waals surface area (Å²) in [5, 5.41) is 8.89. The number of hydrogen-bond acceptors (Lipinski definition) is 4. The zero-order valence-corrected chi connectivity index (χ0v) is 20.8. The minimum Gasteiger partial charge on any atom is -0.368 e. The smallest absolute Gasteiger partial charge is 0.368 e. The molecule has 1 saturated heterocycles. The molecule has 1 saturated carbocycles. The lowest BCUT2D eigenvalue weighted by molar-refractivity contribution is -0.148. The predicted molar refractivity (Wildman–Crippen MR) is 125 cm³/mol. The van der Waals surface area contributed by atoms with Crippen molar-refractivity contribution in [3.8, 4) is 5.69 Å². The first kappa shape index (κ1) is 26.3. The Bertz CT molecular complexity index is 1440. The molecular formula is C25H20ClF8N5. The van der Waals surface area contributed by atoms with E-state index in [0.29, 0.717) is 46.8 Å². The first-order valence-corrected chi connectivity index (χ1v) is 12.4. The van der Waals surface area contributed by atoms with Crippen LogP contribution < -0.4 is 4.90 Å². The van der Waals surface area contributed by atoms with Crippen molar-refractivity contribution >= 4 is 17.3 Å². The molecule has 0 N–H and O–H groups in total. The molecule has 3 aromatic rings. The third-order valence-electron chi connectivity index (χ3n) is 7.67. The van der Waals surface area contributed by atoms with Gasteiger partial charge in [-0.15, -0.1) is 10.2 Å². The first-order valence-electron chi connectivity index (χ1n) is 12.1. The van der Waals surface area contributed by atoms with Gasteiger partial charge in [0, 0.05) is 36.0 Å². The van der Waals surface area contributed by atoms with Crippen LogP contribution in [0.15, 0.2) is 30.3 Å². The second-order valence-corrected chi connectivity index (χ2v) is 11.0. The van der Waals surface area contributed by atoms with E-state index in [1.165, 1.54) is 9.80 Å². The fraction of sp³-hybridized carbons (Fsp3) is 0.440. The molecule has 5 nitrogen and oxygen atoms in total. The molecule has 0 atom stereocenters. The Morgan fingerprint density at radius 3 is 2.28 bits per heavy atom. The maximum absolute atomic E-state index is 14.6. The van der Waals surface area contributed by atoms with Gasteiger partial charge in [-0.05, 0) is 48.7 Å². The van der Waals surface area contributed by atoms with E-state index in [0.717, 1.165) is 6.07 Å². The summed E-state index contributed by atoms with van der Waals surface area (Å²) < 4.78 is 109. The van der Waals surface area contributed by atoms with Crippen LogP contribution in [0.3, 0.4) is 0 Å². The molecule has 2 aromatic carbocycles. The van der Waals surface area contributed by atoms with Crippen molar-refractivity contribution in [3.63, 3.8) is 0 Å². The van der Waals surface area contributed by atoms with Gasteiger partial charge in [-0.2, -0.15) is 26.3 Å². The highest BCUT2D eigenvalue weighted by atomic mass is 35.5. The molecule has 208 valence electrons. The van der Waals surface area contributed by atoms with E-state index < -0.39 is 36.1 Å². The number of nitrogens with zero attached hydrogens (tertiary/aromatic N) is 5. The van der Waals surface area contributed by atoms with Gasteiger partial charge >= 0.3 is 12.4 Å². The van der Waals surface area contributed by atoms with Gasteiger partial charge in [0.1, 0.15) is 17.2 Å². The molecule has 0 bridgehead atoms. The largest absolute Gasteiger partial charge is 0.422 e. The molecule has 0 unspecified atom stereocenters. The minimum absolute atomic E-state index is 0.0188. The van der Waals surface area contributed by atoms with Crippen LogP contribution in [-0.2, 0) is 19.3 Å². The summed E-state index contributed by atoms with van der Waals surface area (Å²) in [4.78, 5) is 2.68. The molecule has 2 fully saturated rings. The number of rotatable bonds is 3. The fourth-order valence-corrected chi connectivity index (χ4v) is 6.32. The lowest BCUT2D eigenvalue weighted by Gasteiger charge is -2.59. The van der Waals surface area contributed by atoms with Crippen molar-refractivity contribution < 1.29 is 35.1 Å². The van der Waals surface area contributed by atoms with E-state index in [4.69, 9.17) is 11.6 Å². The molecule has 6 rings (SSSR count). The predicted octanol–water partition coefficient (Wildman–Crippen LogP) is 6.48. The lowest BCUT2D eigenvalue weighted by Crippen LogP contribution is -2.62. The number of aromatic nitrogens is 3. The highest BCUT2D eigenvalue weighted by Gasteiger charge is 2.55. The van der Waals surface area contributed by atoms with Crippen LogP contribution in [0.4, 0.5) is 40.8 Å². The third-order valence-corrected chi connectivity index (χ3v) is 7.91.